The van der Waals surface area contributed by atoms with Crippen LogP contribution < -0.4 is 5.73 Å². The fraction of sp³-hybridized carbons (Fsp3) is 0.500. The van der Waals surface area contributed by atoms with Crippen molar-refractivity contribution in [2.75, 3.05) is 0 Å². The van der Waals surface area contributed by atoms with Gasteiger partial charge in [0.05, 0.1) is 6.17 Å². The number of nitrogens with two attached hydrogens (primary N) is 1. The van der Waals surface area contributed by atoms with E-state index in [2.05, 4.69) is 25.3 Å². The number of thiol groups is 2. The van der Waals surface area contributed by atoms with Gasteiger partial charge in [0.1, 0.15) is 8.64 Å². The number of hydrogen-bond donors (Lipinski definition) is 3. The number of nitrogens with zero attached hydrogens (tertiary/aromatic N) is 1. The first-order valence-electron chi connectivity index (χ1n) is 2.47. The lowest BCUT2D eigenvalue weighted by Gasteiger charge is -2.23. The molecule has 0 aromatic carbocycles. The van der Waals surface area contributed by atoms with E-state index in [4.69, 9.17) is 30.2 Å². The molecule has 0 amide bonds. The zero-order chi connectivity index (χ0) is 8.31. The third-order valence-electron chi connectivity index (χ3n) is 0.819. The monoisotopic (exact) mass is 212 g/mol. The smallest absolute Gasteiger partial charge is 0.140 e. The molecule has 0 spiro atoms. The van der Waals surface area contributed by atoms with Crippen molar-refractivity contribution in [3.05, 3.63) is 0 Å². The van der Waals surface area contributed by atoms with Gasteiger partial charge < -0.3 is 5.73 Å². The Balaban J connectivity index is 4.27. The first kappa shape index (κ1) is 10.6. The molecule has 1 unspecified atom stereocenters. The molecule has 0 fully saturated rings. The van der Waals surface area contributed by atoms with Gasteiger partial charge in [-0.15, -0.1) is 25.3 Å². The molecular weight excluding hydrogens is 204 g/mol. The Morgan fingerprint density at radius 1 is 1.40 bits per heavy atom. The van der Waals surface area contributed by atoms with E-state index in [1.807, 2.05) is 0 Å². The van der Waals surface area contributed by atoms with Crippen LogP contribution in [0.5, 0.6) is 0 Å². The first-order valence-corrected chi connectivity index (χ1v) is 4.18. The normalized spacial score (nSPS) is 12.4. The molecule has 1 atom stereocenters. The summed E-state index contributed by atoms with van der Waals surface area (Å²) in [5, 5.41) is 0. The van der Waals surface area contributed by atoms with E-state index >= 15 is 0 Å². The fourth-order valence-corrected chi connectivity index (χ4v) is 1.78. The molecule has 0 aliphatic heterocycles. The highest BCUT2D eigenvalue weighted by molar-refractivity contribution is 8.13. The predicted octanol–water partition coefficient (Wildman–Crippen LogP) is 1.02. The Labute approximate surface area is 82.0 Å². The highest BCUT2D eigenvalue weighted by Gasteiger charge is 2.12. The molecule has 6 heteroatoms. The maximum atomic E-state index is 5.49. The topological polar surface area (TPSA) is 29.3 Å². The number of thiocarbonyl (C=S) groups is 2. The molecule has 0 radical (unpaired) electrons. The first-order chi connectivity index (χ1) is 4.46. The summed E-state index contributed by atoms with van der Waals surface area (Å²) in [6, 6.07) is 0. The summed E-state index contributed by atoms with van der Waals surface area (Å²) in [4.78, 5) is 1.47. The summed E-state index contributed by atoms with van der Waals surface area (Å²) in [6.45, 7) is 1.76. The van der Waals surface area contributed by atoms with Gasteiger partial charge in [-0.05, 0) is 6.92 Å². The molecule has 0 saturated heterocycles. The van der Waals surface area contributed by atoms with Crippen LogP contribution >= 0.6 is 49.7 Å². The molecular formula is C4H8N2S4. The van der Waals surface area contributed by atoms with Crippen molar-refractivity contribution in [2.45, 2.75) is 13.1 Å². The minimum Gasteiger partial charge on any atom is -0.311 e. The second kappa shape index (κ2) is 4.50. The van der Waals surface area contributed by atoms with Crippen LogP contribution in [0.1, 0.15) is 6.92 Å². The molecule has 0 aliphatic carbocycles. The molecule has 0 rings (SSSR count). The van der Waals surface area contributed by atoms with Crippen molar-refractivity contribution >= 4 is 58.3 Å². The summed E-state index contributed by atoms with van der Waals surface area (Å²) in [6.07, 6.45) is -0.269. The second-order valence-electron chi connectivity index (χ2n) is 1.68. The average molecular weight is 212 g/mol. The van der Waals surface area contributed by atoms with Gasteiger partial charge >= 0.3 is 0 Å². The van der Waals surface area contributed by atoms with Crippen LogP contribution in [0.3, 0.4) is 0 Å². The second-order valence-corrected chi connectivity index (χ2v) is 3.90. The summed E-state index contributed by atoms with van der Waals surface area (Å²) >= 11 is 17.3. The van der Waals surface area contributed by atoms with Gasteiger partial charge in [0.2, 0.25) is 0 Å². The highest BCUT2D eigenvalue weighted by Crippen LogP contribution is 2.04. The van der Waals surface area contributed by atoms with E-state index < -0.39 is 0 Å². The van der Waals surface area contributed by atoms with E-state index in [-0.39, 0.29) is 6.17 Å². The van der Waals surface area contributed by atoms with Crippen LogP contribution in [-0.4, -0.2) is 19.7 Å². The Hall–Kier alpha value is 0.640. The summed E-state index contributed by atoms with van der Waals surface area (Å²) in [5.74, 6) is 0. The molecule has 2 nitrogen and oxygen atoms in total. The van der Waals surface area contributed by atoms with Crippen LogP contribution in [0.2, 0.25) is 0 Å². The van der Waals surface area contributed by atoms with Crippen molar-refractivity contribution in [3.8, 4) is 0 Å². The maximum absolute atomic E-state index is 5.49. The van der Waals surface area contributed by atoms with Gasteiger partial charge in [-0.25, -0.2) is 0 Å². The molecule has 2 N–H and O–H groups in total. The van der Waals surface area contributed by atoms with Crippen LogP contribution in [0.15, 0.2) is 0 Å². The Morgan fingerprint density at radius 2 is 1.70 bits per heavy atom. The lowest BCUT2D eigenvalue weighted by atomic mass is 10.5. The maximum Gasteiger partial charge on any atom is 0.140 e. The molecule has 0 aromatic rings. The Morgan fingerprint density at radius 3 is 1.70 bits per heavy atom. The lowest BCUT2D eigenvalue weighted by Crippen LogP contribution is -2.42. The molecule has 0 aromatic heterocycles. The molecule has 0 saturated carbocycles. The predicted molar refractivity (Wildman–Crippen MR) is 58.7 cm³/mol. The van der Waals surface area contributed by atoms with Crippen LogP contribution in [0, 0.1) is 0 Å². The van der Waals surface area contributed by atoms with Crippen LogP contribution in [-0.2, 0) is 0 Å². The van der Waals surface area contributed by atoms with Gasteiger partial charge in [0, 0.05) is 0 Å². The standard InChI is InChI=1S/C4H8N2S4/c1-2(5)6(3(7)8)4(9)10/h2H,5H2,1H3,(H,7,8)(H,9,10). The van der Waals surface area contributed by atoms with Crippen LogP contribution in [0.4, 0.5) is 0 Å². The fourth-order valence-electron chi connectivity index (χ4n) is 0.430. The van der Waals surface area contributed by atoms with Gasteiger partial charge in [0.15, 0.2) is 0 Å². The zero-order valence-corrected chi connectivity index (χ0v) is 8.73. The highest BCUT2D eigenvalue weighted by atomic mass is 32.1. The summed E-state index contributed by atoms with van der Waals surface area (Å²) in [7, 11) is 0. The summed E-state index contributed by atoms with van der Waals surface area (Å²) in [5.41, 5.74) is 5.49. The van der Waals surface area contributed by atoms with E-state index in [1.165, 1.54) is 4.90 Å². The molecule has 0 aliphatic rings. The third-order valence-corrected chi connectivity index (χ3v) is 1.64. The Bertz CT molecular complexity index is 141. The molecule has 58 valence electrons. The van der Waals surface area contributed by atoms with Gasteiger partial charge in [-0.2, -0.15) is 0 Å². The Kier molecular flexibility index (Phi) is 4.79. The molecule has 0 bridgehead atoms. The van der Waals surface area contributed by atoms with Crippen molar-refractivity contribution in [3.63, 3.8) is 0 Å². The van der Waals surface area contributed by atoms with E-state index in [1.54, 1.807) is 6.92 Å². The van der Waals surface area contributed by atoms with Crippen molar-refractivity contribution in [1.29, 1.82) is 0 Å². The summed E-state index contributed by atoms with van der Waals surface area (Å²) < 4.78 is 0.685. The SMILES string of the molecule is CC(N)N(C(=S)S)C(=S)S. The average Bonchev–Trinajstić information content (AvgIpc) is 1.59. The van der Waals surface area contributed by atoms with E-state index in [0.29, 0.717) is 8.64 Å². The quantitative estimate of drug-likeness (QED) is 0.344. The zero-order valence-electron chi connectivity index (χ0n) is 5.31. The van der Waals surface area contributed by atoms with Gasteiger partial charge in [-0.3, -0.25) is 4.90 Å². The van der Waals surface area contributed by atoms with Gasteiger partial charge in [0.25, 0.3) is 0 Å². The van der Waals surface area contributed by atoms with Crippen molar-refractivity contribution in [1.82, 2.24) is 4.90 Å². The molecule has 10 heavy (non-hydrogen) atoms. The largest absolute Gasteiger partial charge is 0.311 e. The van der Waals surface area contributed by atoms with Crippen molar-refractivity contribution < 1.29 is 0 Å². The number of hydrogen-bond acceptors (Lipinski definition) is 3. The van der Waals surface area contributed by atoms with E-state index in [9.17, 15) is 0 Å². The molecule has 0 heterocycles. The van der Waals surface area contributed by atoms with Crippen LogP contribution in [0.25, 0.3) is 0 Å². The minimum absolute atomic E-state index is 0.269. The van der Waals surface area contributed by atoms with E-state index in [0.717, 1.165) is 0 Å². The minimum atomic E-state index is -0.269. The van der Waals surface area contributed by atoms with Crippen molar-refractivity contribution in [2.24, 2.45) is 5.73 Å². The van der Waals surface area contributed by atoms with Gasteiger partial charge in [-0.1, -0.05) is 24.4 Å². The lowest BCUT2D eigenvalue weighted by molar-refractivity contribution is 0.507. The third kappa shape index (κ3) is 3.16. The number of rotatable bonds is 1.